The van der Waals surface area contributed by atoms with Crippen molar-refractivity contribution >= 4 is 11.9 Å². The molecule has 2 aromatic rings. The van der Waals surface area contributed by atoms with Crippen LogP contribution in [0.1, 0.15) is 27.3 Å². The summed E-state index contributed by atoms with van der Waals surface area (Å²) in [5.74, 6) is 1.47. The molecule has 0 bridgehead atoms. The molecular weight excluding hydrogens is 308 g/mol. The van der Waals surface area contributed by atoms with Crippen molar-refractivity contribution in [3.63, 3.8) is 0 Å². The molecule has 0 N–H and O–H groups in total. The van der Waals surface area contributed by atoms with Gasteiger partial charge in [-0.05, 0) is 38.1 Å². The Kier molecular flexibility index (Phi) is 5.28. The van der Waals surface area contributed by atoms with Gasteiger partial charge in [-0.25, -0.2) is 0 Å². The molecule has 0 unspecified atom stereocenters. The summed E-state index contributed by atoms with van der Waals surface area (Å²) in [5, 5.41) is 4.27. The minimum atomic E-state index is -0.102. The molecule has 2 rings (SSSR count). The molecule has 0 spiro atoms. The lowest BCUT2D eigenvalue weighted by atomic mass is 10.1. The fourth-order valence-corrected chi connectivity index (χ4v) is 2.63. The average molecular weight is 330 g/mol. The Bertz CT molecular complexity index is 791. The number of aromatic nitrogens is 2. The summed E-state index contributed by atoms with van der Waals surface area (Å²) in [5.41, 5.74) is 2.89. The normalized spacial score (nSPS) is 10.9. The maximum absolute atomic E-state index is 12.5. The molecular formula is C18H22N2O4. The third-order valence-electron chi connectivity index (χ3n) is 3.90. The van der Waals surface area contributed by atoms with Crippen LogP contribution in [0.2, 0.25) is 0 Å². The zero-order chi connectivity index (χ0) is 17.9. The molecule has 0 amide bonds. The molecule has 1 heterocycles. The number of nitrogens with zero attached hydrogens (tertiary/aromatic N) is 2. The van der Waals surface area contributed by atoms with Crippen molar-refractivity contribution < 1.29 is 19.0 Å². The first-order valence-electron chi connectivity index (χ1n) is 7.46. The molecule has 1 aromatic carbocycles. The van der Waals surface area contributed by atoms with Crippen LogP contribution in [0.25, 0.3) is 6.08 Å². The van der Waals surface area contributed by atoms with E-state index in [2.05, 4.69) is 5.10 Å². The first-order valence-corrected chi connectivity index (χ1v) is 7.46. The Hall–Kier alpha value is -2.76. The van der Waals surface area contributed by atoms with Gasteiger partial charge in [0.1, 0.15) is 0 Å². The number of carbonyl (C=O) groups excluding carboxylic acids is 1. The fourth-order valence-electron chi connectivity index (χ4n) is 2.63. The van der Waals surface area contributed by atoms with Gasteiger partial charge in [-0.1, -0.05) is 0 Å². The van der Waals surface area contributed by atoms with Gasteiger partial charge in [-0.2, -0.15) is 5.10 Å². The second-order valence-corrected chi connectivity index (χ2v) is 5.29. The van der Waals surface area contributed by atoms with Crippen LogP contribution >= 0.6 is 0 Å². The monoisotopic (exact) mass is 330 g/mol. The zero-order valence-corrected chi connectivity index (χ0v) is 14.8. The number of hydrogen-bond acceptors (Lipinski definition) is 5. The first-order chi connectivity index (χ1) is 11.4. The second-order valence-electron chi connectivity index (χ2n) is 5.29. The molecule has 0 atom stereocenters. The van der Waals surface area contributed by atoms with Crippen molar-refractivity contribution in [2.45, 2.75) is 13.8 Å². The highest BCUT2D eigenvalue weighted by Gasteiger charge is 2.17. The summed E-state index contributed by atoms with van der Waals surface area (Å²) in [4.78, 5) is 12.5. The van der Waals surface area contributed by atoms with Crippen molar-refractivity contribution in [3.05, 3.63) is 40.7 Å². The Morgan fingerprint density at radius 1 is 1.08 bits per heavy atom. The van der Waals surface area contributed by atoms with Crippen molar-refractivity contribution in [1.82, 2.24) is 9.78 Å². The van der Waals surface area contributed by atoms with Crippen LogP contribution in [-0.2, 0) is 7.05 Å². The van der Waals surface area contributed by atoms with E-state index in [0.717, 1.165) is 11.3 Å². The third-order valence-corrected chi connectivity index (χ3v) is 3.90. The molecule has 0 saturated carbocycles. The molecule has 0 fully saturated rings. The van der Waals surface area contributed by atoms with Crippen LogP contribution in [0.4, 0.5) is 0 Å². The third kappa shape index (κ3) is 3.13. The quantitative estimate of drug-likeness (QED) is 0.602. The number of carbonyl (C=O) groups is 1. The molecule has 24 heavy (non-hydrogen) atoms. The Morgan fingerprint density at radius 2 is 1.75 bits per heavy atom. The van der Waals surface area contributed by atoms with E-state index in [-0.39, 0.29) is 5.78 Å². The number of ketones is 1. The molecule has 6 nitrogen and oxygen atoms in total. The molecule has 0 aliphatic rings. The molecule has 0 aliphatic heterocycles. The number of methoxy groups -OCH3 is 3. The van der Waals surface area contributed by atoms with E-state index in [1.54, 1.807) is 38.2 Å². The van der Waals surface area contributed by atoms with Crippen LogP contribution in [0.3, 0.4) is 0 Å². The molecule has 1 aromatic heterocycles. The number of benzene rings is 1. The predicted octanol–water partition coefficient (Wildman–Crippen LogP) is 2.96. The van der Waals surface area contributed by atoms with Gasteiger partial charge < -0.3 is 14.2 Å². The highest BCUT2D eigenvalue weighted by atomic mass is 16.5. The van der Waals surface area contributed by atoms with Gasteiger partial charge in [-0.15, -0.1) is 0 Å². The van der Waals surface area contributed by atoms with E-state index in [1.165, 1.54) is 6.08 Å². The van der Waals surface area contributed by atoms with Crippen LogP contribution < -0.4 is 14.2 Å². The highest BCUT2D eigenvalue weighted by molar-refractivity contribution is 6.08. The Morgan fingerprint density at radius 3 is 2.25 bits per heavy atom. The van der Waals surface area contributed by atoms with E-state index in [4.69, 9.17) is 14.2 Å². The summed E-state index contributed by atoms with van der Waals surface area (Å²) < 4.78 is 17.7. The second kappa shape index (κ2) is 7.21. The van der Waals surface area contributed by atoms with Gasteiger partial charge >= 0.3 is 0 Å². The lowest BCUT2D eigenvalue weighted by Crippen LogP contribution is -2.00. The summed E-state index contributed by atoms with van der Waals surface area (Å²) >= 11 is 0. The van der Waals surface area contributed by atoms with Gasteiger partial charge in [0.05, 0.1) is 32.6 Å². The van der Waals surface area contributed by atoms with Crippen molar-refractivity contribution in [1.29, 1.82) is 0 Å². The van der Waals surface area contributed by atoms with E-state index in [1.807, 2.05) is 27.0 Å². The number of rotatable bonds is 6. The van der Waals surface area contributed by atoms with Crippen LogP contribution in [-0.4, -0.2) is 36.9 Å². The van der Waals surface area contributed by atoms with Crippen LogP contribution in [0.15, 0.2) is 18.2 Å². The summed E-state index contributed by atoms with van der Waals surface area (Å²) in [6, 6.07) is 3.58. The van der Waals surface area contributed by atoms with Crippen molar-refractivity contribution in [2.24, 2.45) is 7.05 Å². The van der Waals surface area contributed by atoms with Crippen LogP contribution in [0, 0.1) is 13.8 Å². The van der Waals surface area contributed by atoms with E-state index >= 15 is 0 Å². The maximum Gasteiger partial charge on any atom is 0.203 e. The minimum Gasteiger partial charge on any atom is -0.493 e. The SMILES string of the molecule is COc1ccc(/C=C/C(=O)c2c(C)nn(C)c2C)c(OC)c1OC. The molecule has 0 aliphatic carbocycles. The molecule has 6 heteroatoms. The van der Waals surface area contributed by atoms with Gasteiger partial charge in [0.25, 0.3) is 0 Å². The summed E-state index contributed by atoms with van der Waals surface area (Å²) in [6.07, 6.45) is 3.22. The maximum atomic E-state index is 12.5. The molecule has 0 radical (unpaired) electrons. The largest absolute Gasteiger partial charge is 0.493 e. The lowest BCUT2D eigenvalue weighted by molar-refractivity contribution is 0.104. The van der Waals surface area contributed by atoms with Gasteiger partial charge in [-0.3, -0.25) is 9.48 Å². The minimum absolute atomic E-state index is 0.102. The van der Waals surface area contributed by atoms with Gasteiger partial charge in [0.15, 0.2) is 17.3 Å². The lowest BCUT2D eigenvalue weighted by Gasteiger charge is -2.13. The number of ether oxygens (including phenoxy) is 3. The summed E-state index contributed by atoms with van der Waals surface area (Å²) in [7, 11) is 6.47. The standard InChI is InChI=1S/C18H22N2O4/c1-11-16(12(2)20(3)19-11)14(21)9-7-13-8-10-15(22-4)18(24-6)17(13)23-5/h7-10H,1-6H3/b9-7+. The average Bonchev–Trinajstić information content (AvgIpc) is 2.83. The summed E-state index contributed by atoms with van der Waals surface area (Å²) in [6.45, 7) is 3.70. The van der Waals surface area contributed by atoms with Crippen molar-refractivity contribution in [2.75, 3.05) is 21.3 Å². The topological polar surface area (TPSA) is 62.6 Å². The van der Waals surface area contributed by atoms with Crippen LogP contribution in [0.5, 0.6) is 17.2 Å². The number of hydrogen-bond donors (Lipinski definition) is 0. The van der Waals surface area contributed by atoms with E-state index < -0.39 is 0 Å². The molecule has 0 saturated heterocycles. The highest BCUT2D eigenvalue weighted by Crippen LogP contribution is 2.40. The van der Waals surface area contributed by atoms with Gasteiger partial charge in [0, 0.05) is 18.3 Å². The fraction of sp³-hybridized carbons (Fsp3) is 0.333. The first kappa shape index (κ1) is 17.6. The van der Waals surface area contributed by atoms with E-state index in [0.29, 0.717) is 28.5 Å². The molecule has 128 valence electrons. The van der Waals surface area contributed by atoms with E-state index in [9.17, 15) is 4.79 Å². The zero-order valence-electron chi connectivity index (χ0n) is 14.8. The van der Waals surface area contributed by atoms with Gasteiger partial charge in [0.2, 0.25) is 5.75 Å². The Balaban J connectivity index is 2.40. The smallest absolute Gasteiger partial charge is 0.203 e. The number of allylic oxidation sites excluding steroid dienone is 1. The Labute approximate surface area is 141 Å². The number of aryl methyl sites for hydroxylation is 2. The van der Waals surface area contributed by atoms with Crippen molar-refractivity contribution in [3.8, 4) is 17.2 Å². The predicted molar refractivity (Wildman–Crippen MR) is 92.1 cm³/mol.